The van der Waals surface area contributed by atoms with Crippen molar-refractivity contribution in [3.05, 3.63) is 41.1 Å². The third-order valence-corrected chi connectivity index (χ3v) is 5.55. The minimum absolute atomic E-state index is 0.0933. The van der Waals surface area contributed by atoms with Crippen molar-refractivity contribution in [2.45, 2.75) is 6.92 Å². The van der Waals surface area contributed by atoms with Crippen LogP contribution in [0.2, 0.25) is 0 Å². The van der Waals surface area contributed by atoms with Gasteiger partial charge in [0.25, 0.3) is 0 Å². The maximum absolute atomic E-state index is 12.0. The Morgan fingerprint density at radius 2 is 2.07 bits per heavy atom. The number of thiophene rings is 2. The van der Waals surface area contributed by atoms with Crippen LogP contribution in [0.5, 0.6) is 0 Å². The zero-order valence-electron chi connectivity index (χ0n) is 7.71. The minimum atomic E-state index is 0.0933. The lowest BCUT2D eigenvalue weighted by Gasteiger charge is -1.91. The Labute approximate surface area is 112 Å². The fraction of sp³-hybridized carbons (Fsp3) is 0.100. The van der Waals surface area contributed by atoms with Gasteiger partial charge in [-0.2, -0.15) is 0 Å². The molecule has 0 spiro atoms. The predicted molar refractivity (Wildman–Crippen MR) is 72.2 cm³/mol. The minimum Gasteiger partial charge on any atom is -0.288 e. The van der Waals surface area contributed by atoms with Crippen LogP contribution < -0.4 is 0 Å². The quantitative estimate of drug-likeness (QED) is 0.693. The zero-order chi connectivity index (χ0) is 11.0. The van der Waals surface area contributed by atoms with E-state index in [0.717, 1.165) is 23.6 Å². The summed E-state index contributed by atoms with van der Waals surface area (Å²) < 4.78 is 2.01. The van der Waals surface area contributed by atoms with Gasteiger partial charge < -0.3 is 0 Å². The molecule has 0 fully saturated rings. The van der Waals surface area contributed by atoms with Crippen LogP contribution in [0.25, 0.3) is 0 Å². The van der Waals surface area contributed by atoms with Crippen LogP contribution in [0, 0.1) is 6.92 Å². The topological polar surface area (TPSA) is 17.1 Å². The molecule has 0 unspecified atom stereocenters. The normalized spacial score (nSPS) is 10.6. The van der Waals surface area contributed by atoms with Crippen LogP contribution in [-0.2, 0) is 0 Å². The first kappa shape index (κ1) is 11.5. The second-order valence-electron chi connectivity index (χ2n) is 3.04. The van der Waals surface area contributed by atoms with Crippen molar-refractivity contribution in [1.82, 2.24) is 0 Å². The van der Waals surface area contributed by atoms with E-state index in [2.05, 4.69) is 31.9 Å². The van der Waals surface area contributed by atoms with Gasteiger partial charge in [0.15, 0.2) is 0 Å². The summed E-state index contributed by atoms with van der Waals surface area (Å²) in [5.41, 5.74) is 1.86. The molecule has 0 atom stereocenters. The first-order chi connectivity index (χ1) is 7.08. The summed E-state index contributed by atoms with van der Waals surface area (Å²) in [5.74, 6) is 0.0933. The van der Waals surface area contributed by atoms with Gasteiger partial charge in [-0.1, -0.05) is 0 Å². The molecule has 0 bridgehead atoms. The third kappa shape index (κ3) is 2.41. The van der Waals surface area contributed by atoms with E-state index in [4.69, 9.17) is 0 Å². The van der Waals surface area contributed by atoms with Crippen molar-refractivity contribution < 1.29 is 4.79 Å². The maximum atomic E-state index is 12.0. The Kier molecular flexibility index (Phi) is 3.45. The molecule has 78 valence electrons. The van der Waals surface area contributed by atoms with E-state index in [9.17, 15) is 4.79 Å². The van der Waals surface area contributed by atoms with E-state index in [0.29, 0.717) is 0 Å². The highest BCUT2D eigenvalue weighted by molar-refractivity contribution is 9.11. The summed E-state index contributed by atoms with van der Waals surface area (Å²) in [5, 5.41) is 1.87. The van der Waals surface area contributed by atoms with E-state index in [1.807, 2.05) is 24.4 Å². The second-order valence-corrected chi connectivity index (χ2v) is 7.70. The van der Waals surface area contributed by atoms with Gasteiger partial charge in [0.1, 0.15) is 0 Å². The van der Waals surface area contributed by atoms with Gasteiger partial charge in [-0.05, 0) is 56.5 Å². The molecule has 0 saturated carbocycles. The number of carbonyl (C=O) groups excluding carboxylic acids is 1. The number of hydrogen-bond donors (Lipinski definition) is 0. The lowest BCUT2D eigenvalue weighted by Crippen LogP contribution is -1.95. The van der Waals surface area contributed by atoms with Gasteiger partial charge in [0, 0.05) is 10.9 Å². The summed E-state index contributed by atoms with van der Waals surface area (Å²) in [6.45, 7) is 1.99. The highest BCUT2D eigenvalue weighted by Crippen LogP contribution is 2.30. The van der Waals surface area contributed by atoms with E-state index >= 15 is 0 Å². The highest BCUT2D eigenvalue weighted by atomic mass is 79.9. The summed E-state index contributed by atoms with van der Waals surface area (Å²) >= 11 is 9.78. The van der Waals surface area contributed by atoms with Gasteiger partial charge in [-0.15, -0.1) is 22.7 Å². The second kappa shape index (κ2) is 4.49. The van der Waals surface area contributed by atoms with Crippen molar-refractivity contribution in [3.8, 4) is 0 Å². The van der Waals surface area contributed by atoms with Crippen LogP contribution in [0.4, 0.5) is 0 Å². The Bertz CT molecular complexity index is 494. The van der Waals surface area contributed by atoms with Gasteiger partial charge in [-0.3, -0.25) is 4.79 Å². The molecule has 0 aromatic carbocycles. The molecule has 2 aromatic rings. The smallest absolute Gasteiger partial charge is 0.203 e. The molecule has 5 heteroatoms. The SMILES string of the molecule is Cc1cc(C(=O)c2csc(Br)c2)sc1Br. The predicted octanol–water partition coefficient (Wildman–Crippen LogP) is 4.87. The number of aryl methyl sites for hydroxylation is 1. The fourth-order valence-electron chi connectivity index (χ4n) is 1.14. The Balaban J connectivity index is 2.36. The number of hydrogen-bond acceptors (Lipinski definition) is 3. The third-order valence-electron chi connectivity index (χ3n) is 1.91. The first-order valence-corrected chi connectivity index (χ1v) is 7.41. The van der Waals surface area contributed by atoms with E-state index < -0.39 is 0 Å². The molecule has 0 N–H and O–H groups in total. The highest BCUT2D eigenvalue weighted by Gasteiger charge is 2.14. The molecular weight excluding hydrogens is 360 g/mol. The molecule has 15 heavy (non-hydrogen) atoms. The summed E-state index contributed by atoms with van der Waals surface area (Å²) in [7, 11) is 0. The molecule has 2 rings (SSSR count). The largest absolute Gasteiger partial charge is 0.288 e. The summed E-state index contributed by atoms with van der Waals surface area (Å²) in [4.78, 5) is 12.8. The molecule has 0 saturated heterocycles. The first-order valence-electron chi connectivity index (χ1n) is 4.12. The van der Waals surface area contributed by atoms with Crippen molar-refractivity contribution >= 4 is 60.3 Å². The van der Waals surface area contributed by atoms with Gasteiger partial charge >= 0.3 is 0 Å². The number of ketones is 1. The van der Waals surface area contributed by atoms with Gasteiger partial charge in [0.2, 0.25) is 5.78 Å². The standard InChI is InChI=1S/C10H6Br2OS2/c1-5-2-7(15-10(5)12)9(13)6-3-8(11)14-4-6/h2-4H,1H3. The molecule has 0 aliphatic carbocycles. The monoisotopic (exact) mass is 364 g/mol. The Morgan fingerprint density at radius 3 is 2.53 bits per heavy atom. The van der Waals surface area contributed by atoms with Gasteiger partial charge in [-0.25, -0.2) is 0 Å². The van der Waals surface area contributed by atoms with Crippen LogP contribution >= 0.6 is 54.5 Å². The lowest BCUT2D eigenvalue weighted by molar-refractivity contribution is 0.104. The van der Waals surface area contributed by atoms with Crippen LogP contribution in [0.15, 0.2) is 25.1 Å². The molecular formula is C10H6Br2OS2. The zero-order valence-corrected chi connectivity index (χ0v) is 12.5. The number of halogens is 2. The van der Waals surface area contributed by atoms with Crippen molar-refractivity contribution in [3.63, 3.8) is 0 Å². The molecule has 0 amide bonds. The number of rotatable bonds is 2. The van der Waals surface area contributed by atoms with Gasteiger partial charge in [0.05, 0.1) is 12.4 Å². The number of carbonyl (C=O) groups is 1. The van der Waals surface area contributed by atoms with E-state index in [1.54, 1.807) is 0 Å². The lowest BCUT2D eigenvalue weighted by atomic mass is 10.2. The maximum Gasteiger partial charge on any atom is 0.203 e. The van der Waals surface area contributed by atoms with Crippen LogP contribution in [0.3, 0.4) is 0 Å². The Morgan fingerprint density at radius 1 is 1.33 bits per heavy atom. The summed E-state index contributed by atoms with van der Waals surface area (Å²) in [6, 6.07) is 3.78. The van der Waals surface area contributed by atoms with Crippen molar-refractivity contribution in [2.75, 3.05) is 0 Å². The Hall–Kier alpha value is 0.0300. The van der Waals surface area contributed by atoms with E-state index in [-0.39, 0.29) is 5.78 Å². The van der Waals surface area contributed by atoms with Crippen molar-refractivity contribution in [1.29, 1.82) is 0 Å². The molecule has 0 aliphatic heterocycles. The average Bonchev–Trinajstić information content (AvgIpc) is 2.74. The van der Waals surface area contributed by atoms with Crippen LogP contribution in [0.1, 0.15) is 20.8 Å². The molecule has 2 aromatic heterocycles. The molecule has 0 radical (unpaired) electrons. The van der Waals surface area contributed by atoms with E-state index in [1.165, 1.54) is 22.7 Å². The molecule has 0 aliphatic rings. The molecule has 1 nitrogen and oxygen atoms in total. The average molecular weight is 366 g/mol. The van der Waals surface area contributed by atoms with Crippen molar-refractivity contribution in [2.24, 2.45) is 0 Å². The van der Waals surface area contributed by atoms with Crippen LogP contribution in [-0.4, -0.2) is 5.78 Å². The molecule has 2 heterocycles. The summed E-state index contributed by atoms with van der Waals surface area (Å²) in [6.07, 6.45) is 0. The fourth-order valence-corrected chi connectivity index (χ4v) is 3.78.